The van der Waals surface area contributed by atoms with Gasteiger partial charge in [-0.2, -0.15) is 0 Å². The van der Waals surface area contributed by atoms with Crippen molar-refractivity contribution in [2.75, 3.05) is 26.2 Å². The number of aromatic nitrogens is 1. The lowest BCUT2D eigenvalue weighted by atomic mass is 9.94. The SMILES string of the molecule is CCc1ccc2nc(N3C(=O)C(=O)/C(=C(/O)c4ccc(OC)cc4)C3c3cccc(OC)c3OC)sc2c1. The van der Waals surface area contributed by atoms with Gasteiger partial charge in [-0.1, -0.05) is 36.5 Å². The van der Waals surface area contributed by atoms with Crippen LogP contribution in [0.25, 0.3) is 16.0 Å². The number of carbonyl (C=O) groups is 2. The maximum atomic E-state index is 13.6. The molecule has 0 saturated carbocycles. The molecule has 1 unspecified atom stereocenters. The van der Waals surface area contributed by atoms with Crippen molar-refractivity contribution >= 4 is 44.1 Å². The average molecular weight is 531 g/mol. The zero-order chi connectivity index (χ0) is 27.0. The molecule has 3 aromatic carbocycles. The minimum Gasteiger partial charge on any atom is -0.507 e. The molecule has 0 bridgehead atoms. The first kappa shape index (κ1) is 25.3. The molecule has 194 valence electrons. The van der Waals surface area contributed by atoms with Gasteiger partial charge in [-0.05, 0) is 54.4 Å². The summed E-state index contributed by atoms with van der Waals surface area (Å²) in [4.78, 5) is 33.2. The van der Waals surface area contributed by atoms with E-state index in [0.717, 1.165) is 22.2 Å². The van der Waals surface area contributed by atoms with Crippen LogP contribution >= 0.6 is 11.3 Å². The Morgan fingerprint density at radius 1 is 1.00 bits per heavy atom. The van der Waals surface area contributed by atoms with Gasteiger partial charge in [-0.15, -0.1) is 0 Å². The molecule has 0 radical (unpaired) electrons. The number of para-hydroxylation sites is 1. The van der Waals surface area contributed by atoms with Crippen molar-refractivity contribution in [3.8, 4) is 17.2 Å². The molecule has 4 aromatic rings. The fourth-order valence-corrected chi connectivity index (χ4v) is 5.69. The molecule has 1 aliphatic rings. The van der Waals surface area contributed by atoms with E-state index in [-0.39, 0.29) is 11.3 Å². The van der Waals surface area contributed by atoms with Crippen LogP contribution in [0.2, 0.25) is 0 Å². The number of Topliss-reactive ketones (excluding diaryl/α,β-unsaturated/α-hetero) is 1. The Balaban J connectivity index is 1.76. The number of ketones is 1. The van der Waals surface area contributed by atoms with Gasteiger partial charge in [0.25, 0.3) is 5.78 Å². The number of aliphatic hydroxyl groups excluding tert-OH is 1. The van der Waals surface area contributed by atoms with E-state index < -0.39 is 17.7 Å². The third-order valence-electron chi connectivity index (χ3n) is 6.59. The van der Waals surface area contributed by atoms with Crippen molar-refractivity contribution in [1.29, 1.82) is 0 Å². The van der Waals surface area contributed by atoms with Crippen LogP contribution < -0.4 is 19.1 Å². The molecule has 2 heterocycles. The number of aliphatic hydroxyl groups is 1. The molecule has 9 heteroatoms. The Bertz CT molecular complexity index is 1570. The third-order valence-corrected chi connectivity index (χ3v) is 7.61. The summed E-state index contributed by atoms with van der Waals surface area (Å²) in [6, 6.07) is 16.7. The number of amides is 1. The van der Waals surface area contributed by atoms with Gasteiger partial charge >= 0.3 is 5.91 Å². The van der Waals surface area contributed by atoms with Crippen LogP contribution in [0.5, 0.6) is 17.2 Å². The molecule has 1 fully saturated rings. The van der Waals surface area contributed by atoms with Crippen molar-refractivity contribution < 1.29 is 28.9 Å². The lowest BCUT2D eigenvalue weighted by Crippen LogP contribution is -2.29. The number of anilines is 1. The number of ether oxygens (including phenoxy) is 3. The predicted octanol–water partition coefficient (Wildman–Crippen LogP) is 5.51. The number of nitrogens with zero attached hydrogens (tertiary/aromatic N) is 2. The molecule has 1 amide bonds. The Kier molecular flexibility index (Phi) is 6.77. The standard InChI is InChI=1S/C29H26N2O6S/c1-5-16-9-14-20-22(15-16)38-29(30-20)31-24(19-7-6-8-21(36-3)27(19)37-4)23(26(33)28(31)34)25(32)17-10-12-18(35-2)13-11-17/h6-15,24,32H,5H2,1-4H3/b25-23+. The minimum atomic E-state index is -1.01. The predicted molar refractivity (Wildman–Crippen MR) is 146 cm³/mol. The summed E-state index contributed by atoms with van der Waals surface area (Å²) in [5.74, 6) is -0.545. The van der Waals surface area contributed by atoms with Gasteiger partial charge < -0.3 is 19.3 Å². The maximum Gasteiger partial charge on any atom is 0.301 e. The third kappa shape index (κ3) is 4.14. The van der Waals surface area contributed by atoms with Crippen LogP contribution in [0, 0.1) is 0 Å². The lowest BCUT2D eigenvalue weighted by molar-refractivity contribution is -0.132. The second-order valence-electron chi connectivity index (χ2n) is 8.63. The second-order valence-corrected chi connectivity index (χ2v) is 9.64. The number of aryl methyl sites for hydroxylation is 1. The van der Waals surface area contributed by atoms with E-state index in [0.29, 0.717) is 33.5 Å². The molecule has 1 saturated heterocycles. The summed E-state index contributed by atoms with van der Waals surface area (Å²) in [6.45, 7) is 2.07. The fourth-order valence-electron chi connectivity index (χ4n) is 4.64. The number of benzene rings is 3. The zero-order valence-electron chi connectivity index (χ0n) is 21.3. The van der Waals surface area contributed by atoms with Crippen LogP contribution in [0.3, 0.4) is 0 Å². The van der Waals surface area contributed by atoms with Crippen molar-refractivity contribution in [3.63, 3.8) is 0 Å². The molecule has 1 N–H and O–H groups in total. The van der Waals surface area contributed by atoms with Gasteiger partial charge in [0.05, 0.1) is 37.1 Å². The Morgan fingerprint density at radius 3 is 2.42 bits per heavy atom. The summed E-state index contributed by atoms with van der Waals surface area (Å²) >= 11 is 1.32. The van der Waals surface area contributed by atoms with Gasteiger partial charge in [0.1, 0.15) is 17.6 Å². The average Bonchev–Trinajstić information content (AvgIpc) is 3.49. The van der Waals surface area contributed by atoms with Crippen LogP contribution in [-0.2, 0) is 16.0 Å². The number of methoxy groups -OCH3 is 3. The normalized spacial score (nSPS) is 16.7. The Morgan fingerprint density at radius 2 is 1.76 bits per heavy atom. The molecule has 5 rings (SSSR count). The molecule has 8 nitrogen and oxygen atoms in total. The number of thiazole rings is 1. The quantitative estimate of drug-likeness (QED) is 0.191. The molecule has 0 spiro atoms. The van der Waals surface area contributed by atoms with Gasteiger partial charge in [0.2, 0.25) is 0 Å². The smallest absolute Gasteiger partial charge is 0.301 e. The summed E-state index contributed by atoms with van der Waals surface area (Å²) in [5.41, 5.74) is 2.64. The first-order valence-corrected chi connectivity index (χ1v) is 12.8. The number of carbonyl (C=O) groups excluding carboxylic acids is 2. The van der Waals surface area contributed by atoms with Gasteiger partial charge in [0.15, 0.2) is 16.6 Å². The number of fused-ring (bicyclic) bond motifs is 1. The molecule has 1 aliphatic heterocycles. The van der Waals surface area contributed by atoms with Gasteiger partial charge in [0, 0.05) is 11.1 Å². The van der Waals surface area contributed by atoms with Crippen molar-refractivity contribution in [3.05, 3.63) is 82.9 Å². The molecule has 1 atom stereocenters. The van der Waals surface area contributed by atoms with E-state index in [1.165, 1.54) is 37.6 Å². The Hall–Kier alpha value is -4.37. The van der Waals surface area contributed by atoms with E-state index in [9.17, 15) is 14.7 Å². The first-order chi connectivity index (χ1) is 18.4. The minimum absolute atomic E-state index is 0.0692. The highest BCUT2D eigenvalue weighted by Gasteiger charge is 2.49. The summed E-state index contributed by atoms with van der Waals surface area (Å²) in [6.07, 6.45) is 0.858. The topological polar surface area (TPSA) is 98.2 Å². The highest BCUT2D eigenvalue weighted by molar-refractivity contribution is 7.22. The highest BCUT2D eigenvalue weighted by Crippen LogP contribution is 2.48. The van der Waals surface area contributed by atoms with Gasteiger partial charge in [-0.25, -0.2) is 4.98 Å². The second kappa shape index (κ2) is 10.2. The molecule has 0 aliphatic carbocycles. The van der Waals surface area contributed by atoms with Crippen LogP contribution in [0.15, 0.2) is 66.2 Å². The molecule has 1 aromatic heterocycles. The van der Waals surface area contributed by atoms with Crippen LogP contribution in [0.4, 0.5) is 5.13 Å². The number of hydrogen-bond acceptors (Lipinski definition) is 8. The van der Waals surface area contributed by atoms with Crippen molar-refractivity contribution in [2.45, 2.75) is 19.4 Å². The Labute approximate surface area is 223 Å². The summed E-state index contributed by atoms with van der Waals surface area (Å²) in [5, 5.41) is 11.8. The van der Waals surface area contributed by atoms with E-state index in [4.69, 9.17) is 19.2 Å². The van der Waals surface area contributed by atoms with Crippen LogP contribution in [0.1, 0.15) is 29.7 Å². The van der Waals surface area contributed by atoms with E-state index >= 15 is 0 Å². The molecule has 38 heavy (non-hydrogen) atoms. The van der Waals surface area contributed by atoms with E-state index in [1.807, 2.05) is 18.2 Å². The van der Waals surface area contributed by atoms with Gasteiger partial charge in [-0.3, -0.25) is 14.5 Å². The number of hydrogen-bond donors (Lipinski definition) is 1. The largest absolute Gasteiger partial charge is 0.507 e. The van der Waals surface area contributed by atoms with Crippen LogP contribution in [-0.4, -0.2) is 43.1 Å². The maximum absolute atomic E-state index is 13.6. The molecular weight excluding hydrogens is 504 g/mol. The fraction of sp³-hybridized carbons (Fsp3) is 0.207. The number of rotatable bonds is 7. The highest BCUT2D eigenvalue weighted by atomic mass is 32.1. The summed E-state index contributed by atoms with van der Waals surface area (Å²) in [7, 11) is 4.53. The van der Waals surface area contributed by atoms with E-state index in [1.54, 1.807) is 42.5 Å². The van der Waals surface area contributed by atoms with E-state index in [2.05, 4.69) is 6.92 Å². The monoisotopic (exact) mass is 530 g/mol. The molecular formula is C29H26N2O6S. The van der Waals surface area contributed by atoms with Crippen molar-refractivity contribution in [2.24, 2.45) is 0 Å². The first-order valence-electron chi connectivity index (χ1n) is 12.0. The van der Waals surface area contributed by atoms with Crippen molar-refractivity contribution in [1.82, 2.24) is 4.98 Å². The summed E-state index contributed by atoms with van der Waals surface area (Å²) < 4.78 is 17.3. The lowest BCUT2D eigenvalue weighted by Gasteiger charge is -2.25. The zero-order valence-corrected chi connectivity index (χ0v) is 22.2.